The summed E-state index contributed by atoms with van der Waals surface area (Å²) in [6, 6.07) is 17.6. The molecule has 1 aromatic heterocycles. The summed E-state index contributed by atoms with van der Waals surface area (Å²) in [7, 11) is 0.261. The van der Waals surface area contributed by atoms with E-state index in [2.05, 4.69) is 35.6 Å². The summed E-state index contributed by atoms with van der Waals surface area (Å²) in [4.78, 5) is 16.0. The van der Waals surface area contributed by atoms with Crippen molar-refractivity contribution in [3.63, 3.8) is 0 Å². The number of nitrogens with one attached hydrogen (secondary N) is 4. The molecule has 4 N–H and O–H groups in total. The van der Waals surface area contributed by atoms with Gasteiger partial charge in [0, 0.05) is 56.7 Å². The van der Waals surface area contributed by atoms with Crippen LogP contribution in [0.1, 0.15) is 63.4 Å². The molecule has 1 aliphatic carbocycles. The SMILES string of the molecule is CN(C)c1cccc2c(S(=O)(=O)NCCCCCCNc3nc(NCc4cccc(F)c4)nc(NCC4CCCCC4)n3)cccc12. The Morgan fingerprint density at radius 2 is 1.43 bits per heavy atom. The van der Waals surface area contributed by atoms with E-state index >= 15 is 0 Å². The van der Waals surface area contributed by atoms with Gasteiger partial charge in [0.15, 0.2) is 0 Å². The fourth-order valence-corrected chi connectivity index (χ4v) is 7.34. The Morgan fingerprint density at radius 1 is 0.766 bits per heavy atom. The number of hydrogen-bond acceptors (Lipinski definition) is 9. The highest BCUT2D eigenvalue weighted by molar-refractivity contribution is 7.89. The number of benzene rings is 3. The van der Waals surface area contributed by atoms with Gasteiger partial charge in [-0.05, 0) is 61.4 Å². The van der Waals surface area contributed by atoms with Crippen LogP contribution in [0.3, 0.4) is 0 Å². The van der Waals surface area contributed by atoms with Crippen LogP contribution in [-0.4, -0.2) is 57.1 Å². The Morgan fingerprint density at radius 3 is 2.17 bits per heavy atom. The molecule has 1 aliphatic rings. The molecule has 0 radical (unpaired) electrons. The molecule has 252 valence electrons. The average Bonchev–Trinajstić information content (AvgIpc) is 3.07. The first-order valence-corrected chi connectivity index (χ1v) is 18.2. The number of rotatable bonds is 17. The lowest BCUT2D eigenvalue weighted by atomic mass is 9.89. The van der Waals surface area contributed by atoms with Gasteiger partial charge in [-0.2, -0.15) is 15.0 Å². The second kappa shape index (κ2) is 16.7. The van der Waals surface area contributed by atoms with Gasteiger partial charge in [0.2, 0.25) is 27.9 Å². The predicted octanol–water partition coefficient (Wildman–Crippen LogP) is 6.79. The monoisotopic (exact) mass is 662 g/mol. The van der Waals surface area contributed by atoms with E-state index in [1.165, 1.54) is 44.2 Å². The third-order valence-electron chi connectivity index (χ3n) is 8.56. The fraction of sp³-hybridized carbons (Fsp3) is 0.457. The molecule has 0 saturated heterocycles. The van der Waals surface area contributed by atoms with E-state index < -0.39 is 10.0 Å². The zero-order valence-electron chi connectivity index (χ0n) is 27.4. The molecule has 1 saturated carbocycles. The van der Waals surface area contributed by atoms with Crippen LogP contribution in [0.25, 0.3) is 10.8 Å². The van der Waals surface area contributed by atoms with Gasteiger partial charge in [0.25, 0.3) is 0 Å². The van der Waals surface area contributed by atoms with Crippen LogP contribution in [-0.2, 0) is 16.6 Å². The minimum Gasteiger partial charge on any atom is -0.377 e. The van der Waals surface area contributed by atoms with Gasteiger partial charge < -0.3 is 20.9 Å². The lowest BCUT2D eigenvalue weighted by Crippen LogP contribution is -2.25. The van der Waals surface area contributed by atoms with Crippen molar-refractivity contribution in [1.29, 1.82) is 0 Å². The molecule has 1 fully saturated rings. The van der Waals surface area contributed by atoms with E-state index in [0.717, 1.165) is 54.3 Å². The summed E-state index contributed by atoms with van der Waals surface area (Å²) in [6.45, 7) is 2.27. The number of sulfonamides is 1. The third-order valence-corrected chi connectivity index (χ3v) is 10.1. The first-order valence-electron chi connectivity index (χ1n) is 16.7. The number of halogens is 1. The minimum absolute atomic E-state index is 0.280. The standard InChI is InChI=1S/C35H47FN8O2S/c1-44(2)31-19-11-18-30-29(31)17-12-20-32(30)47(45,46)40-22-9-4-3-8-21-37-33-41-34(38-24-26-13-6-5-7-14-26)43-35(42-33)39-25-27-15-10-16-28(36)23-27/h10-12,15-20,23,26,40H,3-9,13-14,21-22,24-25H2,1-2H3,(H3,37,38,39,41,42,43). The van der Waals surface area contributed by atoms with Crippen LogP contribution in [0.4, 0.5) is 27.9 Å². The maximum Gasteiger partial charge on any atom is 0.241 e. The van der Waals surface area contributed by atoms with Gasteiger partial charge in [0.1, 0.15) is 5.82 Å². The molecule has 10 nitrogen and oxygen atoms in total. The van der Waals surface area contributed by atoms with Crippen LogP contribution in [0, 0.1) is 11.7 Å². The predicted molar refractivity (Wildman–Crippen MR) is 189 cm³/mol. The van der Waals surface area contributed by atoms with E-state index in [1.807, 2.05) is 49.3 Å². The van der Waals surface area contributed by atoms with Gasteiger partial charge in [-0.15, -0.1) is 0 Å². The van der Waals surface area contributed by atoms with Gasteiger partial charge in [-0.25, -0.2) is 17.5 Å². The molecule has 0 amide bonds. The first kappa shape index (κ1) is 34.3. The normalized spacial score (nSPS) is 13.9. The summed E-state index contributed by atoms with van der Waals surface area (Å²) in [5.74, 6) is 1.76. The number of unbranched alkanes of at least 4 members (excludes halogenated alkanes) is 3. The largest absolute Gasteiger partial charge is 0.377 e. The molecular formula is C35H47FN8O2S. The van der Waals surface area contributed by atoms with Crippen molar-refractivity contribution in [1.82, 2.24) is 19.7 Å². The molecule has 1 heterocycles. The zero-order valence-corrected chi connectivity index (χ0v) is 28.3. The number of fused-ring (bicyclic) bond motifs is 1. The number of hydrogen-bond donors (Lipinski definition) is 4. The van der Waals surface area contributed by atoms with Crippen LogP contribution in [0.15, 0.2) is 65.6 Å². The summed E-state index contributed by atoms with van der Waals surface area (Å²) < 4.78 is 42.8. The Balaban J connectivity index is 1.09. The number of anilines is 4. The highest BCUT2D eigenvalue weighted by Gasteiger charge is 2.18. The Kier molecular flexibility index (Phi) is 12.2. The molecule has 0 bridgehead atoms. The Labute approximate surface area is 278 Å². The molecule has 0 atom stereocenters. The highest BCUT2D eigenvalue weighted by atomic mass is 32.2. The molecule has 47 heavy (non-hydrogen) atoms. The molecule has 12 heteroatoms. The quantitative estimate of drug-likeness (QED) is 0.0906. The van der Waals surface area contributed by atoms with Crippen LogP contribution in [0.2, 0.25) is 0 Å². The van der Waals surface area contributed by atoms with Crippen molar-refractivity contribution in [2.75, 3.05) is 54.6 Å². The lowest BCUT2D eigenvalue weighted by Gasteiger charge is -2.21. The van der Waals surface area contributed by atoms with Crippen molar-refractivity contribution in [3.8, 4) is 0 Å². The third kappa shape index (κ3) is 9.98. The second-order valence-electron chi connectivity index (χ2n) is 12.4. The van der Waals surface area contributed by atoms with Crippen LogP contribution >= 0.6 is 0 Å². The summed E-state index contributed by atoms with van der Waals surface area (Å²) >= 11 is 0. The van der Waals surface area contributed by atoms with E-state index in [1.54, 1.807) is 18.2 Å². The summed E-state index contributed by atoms with van der Waals surface area (Å²) in [6.07, 6.45) is 9.72. The van der Waals surface area contributed by atoms with Gasteiger partial charge in [-0.1, -0.05) is 68.5 Å². The number of nitrogens with zero attached hydrogens (tertiary/aromatic N) is 4. The van der Waals surface area contributed by atoms with Gasteiger partial charge >= 0.3 is 0 Å². The molecule has 0 unspecified atom stereocenters. The fourth-order valence-electron chi connectivity index (χ4n) is 6.04. The van der Waals surface area contributed by atoms with E-state index in [-0.39, 0.29) is 5.82 Å². The van der Waals surface area contributed by atoms with Crippen molar-refractivity contribution >= 4 is 44.3 Å². The molecular weight excluding hydrogens is 616 g/mol. The smallest absolute Gasteiger partial charge is 0.241 e. The molecule has 4 aromatic rings. The average molecular weight is 663 g/mol. The van der Waals surface area contributed by atoms with Crippen LogP contribution < -0.4 is 25.6 Å². The zero-order chi connectivity index (χ0) is 33.1. The second-order valence-corrected chi connectivity index (χ2v) is 14.2. The van der Waals surface area contributed by atoms with Gasteiger partial charge in [0.05, 0.1) is 4.90 Å². The van der Waals surface area contributed by atoms with E-state index in [9.17, 15) is 12.8 Å². The highest BCUT2D eigenvalue weighted by Crippen LogP contribution is 2.30. The summed E-state index contributed by atoms with van der Waals surface area (Å²) in [5, 5.41) is 11.6. The van der Waals surface area contributed by atoms with E-state index in [0.29, 0.717) is 48.3 Å². The molecule has 0 spiro atoms. The molecule has 3 aromatic carbocycles. The van der Waals surface area contributed by atoms with E-state index in [4.69, 9.17) is 0 Å². The lowest BCUT2D eigenvalue weighted by molar-refractivity contribution is 0.373. The molecule has 0 aliphatic heterocycles. The van der Waals surface area contributed by atoms with Crippen LogP contribution in [0.5, 0.6) is 0 Å². The van der Waals surface area contributed by atoms with Crippen molar-refractivity contribution in [3.05, 3.63) is 72.0 Å². The summed E-state index contributed by atoms with van der Waals surface area (Å²) in [5.41, 5.74) is 1.78. The first-order chi connectivity index (χ1) is 22.8. The minimum atomic E-state index is -3.64. The van der Waals surface area contributed by atoms with Crippen molar-refractivity contribution < 1.29 is 12.8 Å². The topological polar surface area (TPSA) is 124 Å². The van der Waals surface area contributed by atoms with Gasteiger partial charge in [-0.3, -0.25) is 0 Å². The molecule has 5 rings (SSSR count). The maximum atomic E-state index is 13.7. The van der Waals surface area contributed by atoms with Crippen molar-refractivity contribution in [2.45, 2.75) is 69.2 Å². The Bertz CT molecular complexity index is 1710. The maximum absolute atomic E-state index is 13.7. The van der Waals surface area contributed by atoms with Crippen molar-refractivity contribution in [2.24, 2.45) is 5.92 Å². The Hall–Kier alpha value is -4.03. The number of aromatic nitrogens is 3.